The van der Waals surface area contributed by atoms with Gasteiger partial charge in [-0.3, -0.25) is 4.79 Å². The summed E-state index contributed by atoms with van der Waals surface area (Å²) in [5.41, 5.74) is 0.906. The Bertz CT molecular complexity index is 550. The Kier molecular flexibility index (Phi) is 12.3. The molecular formula is C24H45N3O3. The van der Waals surface area contributed by atoms with Crippen molar-refractivity contribution in [2.75, 3.05) is 46.3 Å². The van der Waals surface area contributed by atoms with E-state index in [1.54, 1.807) is 6.92 Å². The minimum absolute atomic E-state index is 0.120. The molecule has 30 heavy (non-hydrogen) atoms. The van der Waals surface area contributed by atoms with Gasteiger partial charge in [-0.1, -0.05) is 19.9 Å². The fourth-order valence-corrected chi connectivity index (χ4v) is 3.92. The minimum atomic E-state index is -0.271. The summed E-state index contributed by atoms with van der Waals surface area (Å²) in [7, 11) is 1.89. The first-order valence-corrected chi connectivity index (χ1v) is 11.6. The van der Waals surface area contributed by atoms with Crippen LogP contribution < -0.4 is 5.32 Å². The van der Waals surface area contributed by atoms with E-state index in [1.165, 1.54) is 6.42 Å². The Balaban J connectivity index is 0.000000479. The molecule has 0 saturated carbocycles. The smallest absolute Gasteiger partial charge is 0.251 e. The van der Waals surface area contributed by atoms with Crippen molar-refractivity contribution in [1.29, 1.82) is 0 Å². The number of unbranched alkanes of at least 4 members (excludes halogenated alkanes) is 1. The second-order valence-electron chi connectivity index (χ2n) is 8.63. The third kappa shape index (κ3) is 8.78. The van der Waals surface area contributed by atoms with Crippen molar-refractivity contribution in [3.05, 3.63) is 24.0 Å². The predicted molar refractivity (Wildman–Crippen MR) is 125 cm³/mol. The van der Waals surface area contributed by atoms with Crippen molar-refractivity contribution >= 4 is 5.91 Å². The van der Waals surface area contributed by atoms with Crippen molar-refractivity contribution in [3.63, 3.8) is 0 Å². The van der Waals surface area contributed by atoms with E-state index in [2.05, 4.69) is 23.7 Å². The van der Waals surface area contributed by atoms with Crippen LogP contribution in [0.2, 0.25) is 0 Å². The van der Waals surface area contributed by atoms with Gasteiger partial charge in [-0.2, -0.15) is 0 Å². The predicted octanol–water partition coefficient (Wildman–Crippen LogP) is 3.89. The van der Waals surface area contributed by atoms with E-state index in [4.69, 9.17) is 4.74 Å². The summed E-state index contributed by atoms with van der Waals surface area (Å²) in [6.45, 7) is 17.4. The largest absolute Gasteiger partial charge is 0.513 e. The van der Waals surface area contributed by atoms with Crippen molar-refractivity contribution < 1.29 is 14.6 Å². The van der Waals surface area contributed by atoms with E-state index < -0.39 is 0 Å². The molecule has 0 aromatic heterocycles. The number of aliphatic hydroxyl groups is 1. The van der Waals surface area contributed by atoms with E-state index in [9.17, 15) is 9.90 Å². The minimum Gasteiger partial charge on any atom is -0.513 e. The first kappa shape index (κ1) is 26.7. The molecule has 2 N–H and O–H groups in total. The second kappa shape index (κ2) is 13.8. The van der Waals surface area contributed by atoms with Gasteiger partial charge in [0.1, 0.15) is 6.10 Å². The van der Waals surface area contributed by atoms with Gasteiger partial charge in [-0.15, -0.1) is 6.58 Å². The number of hydrogen-bond donors (Lipinski definition) is 2. The van der Waals surface area contributed by atoms with E-state index in [0.29, 0.717) is 12.3 Å². The van der Waals surface area contributed by atoms with Gasteiger partial charge in [0.25, 0.3) is 5.91 Å². The number of ether oxygens (including phenoxy) is 1. The maximum atomic E-state index is 12.0. The number of morpholine rings is 1. The molecule has 2 heterocycles. The van der Waals surface area contributed by atoms with Gasteiger partial charge in [0, 0.05) is 33.2 Å². The molecule has 2 aliphatic heterocycles. The average Bonchev–Trinajstić information content (AvgIpc) is 2.74. The van der Waals surface area contributed by atoms with Crippen molar-refractivity contribution in [2.24, 2.45) is 0 Å². The summed E-state index contributed by atoms with van der Waals surface area (Å²) < 4.78 is 6.19. The topological polar surface area (TPSA) is 65.0 Å². The SMILES string of the molecule is C=CCCCNCC.CCC1OC2(CCN(CC/C(C)=C(/C)O)CC2)CN(C)C1=O. The lowest BCUT2D eigenvalue weighted by atomic mass is 9.88. The lowest BCUT2D eigenvalue weighted by Gasteiger charge is -2.48. The number of aliphatic hydroxyl groups excluding tert-OH is 1. The van der Waals surface area contributed by atoms with Crippen LogP contribution in [0.4, 0.5) is 0 Å². The van der Waals surface area contributed by atoms with E-state index in [-0.39, 0.29) is 17.6 Å². The zero-order valence-electron chi connectivity index (χ0n) is 20.0. The Morgan fingerprint density at radius 1 is 1.33 bits per heavy atom. The summed E-state index contributed by atoms with van der Waals surface area (Å²) in [5.74, 6) is 0.560. The van der Waals surface area contributed by atoms with E-state index in [0.717, 1.165) is 70.4 Å². The highest BCUT2D eigenvalue weighted by molar-refractivity contribution is 5.81. The maximum Gasteiger partial charge on any atom is 0.251 e. The number of amides is 1. The van der Waals surface area contributed by atoms with Gasteiger partial charge in [0.2, 0.25) is 0 Å². The van der Waals surface area contributed by atoms with Gasteiger partial charge in [-0.05, 0) is 71.0 Å². The van der Waals surface area contributed by atoms with Crippen molar-refractivity contribution in [3.8, 4) is 0 Å². The monoisotopic (exact) mass is 423 g/mol. The maximum absolute atomic E-state index is 12.0. The number of nitrogens with zero attached hydrogens (tertiary/aromatic N) is 2. The molecule has 0 radical (unpaired) electrons. The number of hydrogen-bond acceptors (Lipinski definition) is 5. The van der Waals surface area contributed by atoms with Crippen molar-refractivity contribution in [1.82, 2.24) is 15.1 Å². The molecule has 6 nitrogen and oxygen atoms in total. The molecular weight excluding hydrogens is 378 g/mol. The van der Waals surface area contributed by atoms with Crippen LogP contribution in [-0.4, -0.2) is 78.8 Å². The lowest BCUT2D eigenvalue weighted by Crippen LogP contribution is -2.60. The summed E-state index contributed by atoms with van der Waals surface area (Å²) in [6.07, 6.45) is 7.64. The van der Waals surface area contributed by atoms with Crippen LogP contribution in [0.15, 0.2) is 24.0 Å². The summed E-state index contributed by atoms with van der Waals surface area (Å²) >= 11 is 0. The van der Waals surface area contributed by atoms with Gasteiger partial charge >= 0.3 is 0 Å². The molecule has 2 saturated heterocycles. The summed E-state index contributed by atoms with van der Waals surface area (Å²) in [5, 5.41) is 12.7. The number of carbonyl (C=O) groups excluding carboxylic acids is 1. The molecule has 1 spiro atoms. The first-order chi connectivity index (χ1) is 14.3. The van der Waals surface area contributed by atoms with Crippen LogP contribution in [0.25, 0.3) is 0 Å². The standard InChI is InChI=1S/C17H30N2O3.C7H15N/c1-5-15-16(21)18(4)12-17(22-15)7-10-19(11-8-17)9-6-13(2)14(3)20;1-3-5-6-7-8-4-2/h15,20H,5-12H2,1-4H3;3,8H,1,4-7H2,2H3/b14-13-;. The fraction of sp³-hybridized carbons (Fsp3) is 0.792. The number of allylic oxidation sites excluding steroid dienone is 2. The van der Waals surface area contributed by atoms with Gasteiger partial charge in [0.05, 0.1) is 11.4 Å². The van der Waals surface area contributed by atoms with Crippen LogP contribution in [0.5, 0.6) is 0 Å². The number of likely N-dealkylation sites (tertiary alicyclic amines) is 1. The third-order valence-corrected chi connectivity index (χ3v) is 6.14. The quantitative estimate of drug-likeness (QED) is 0.335. The highest BCUT2D eigenvalue weighted by Gasteiger charge is 2.44. The molecule has 6 heteroatoms. The Hall–Kier alpha value is -1.37. The van der Waals surface area contributed by atoms with Gasteiger partial charge in [0.15, 0.2) is 0 Å². The summed E-state index contributed by atoms with van der Waals surface area (Å²) in [6, 6.07) is 0. The molecule has 0 aromatic carbocycles. The lowest BCUT2D eigenvalue weighted by molar-refractivity contribution is -0.190. The normalized spacial score (nSPS) is 22.4. The fourth-order valence-electron chi connectivity index (χ4n) is 3.92. The molecule has 0 aliphatic carbocycles. The van der Waals surface area contributed by atoms with Crippen LogP contribution in [0.3, 0.4) is 0 Å². The van der Waals surface area contributed by atoms with Gasteiger partial charge < -0.3 is 25.0 Å². The summed E-state index contributed by atoms with van der Waals surface area (Å²) in [4.78, 5) is 16.3. The van der Waals surface area contributed by atoms with Crippen molar-refractivity contribution in [2.45, 2.75) is 77.9 Å². The molecule has 1 amide bonds. The number of piperidine rings is 1. The van der Waals surface area contributed by atoms with E-state index >= 15 is 0 Å². The van der Waals surface area contributed by atoms with Crippen LogP contribution in [0, 0.1) is 0 Å². The Labute approximate surface area is 184 Å². The zero-order chi connectivity index (χ0) is 22.6. The van der Waals surface area contributed by atoms with Crippen LogP contribution >= 0.6 is 0 Å². The molecule has 174 valence electrons. The first-order valence-electron chi connectivity index (χ1n) is 11.6. The molecule has 2 aliphatic rings. The molecule has 0 bridgehead atoms. The Morgan fingerprint density at radius 3 is 2.53 bits per heavy atom. The van der Waals surface area contributed by atoms with Crippen LogP contribution in [-0.2, 0) is 9.53 Å². The molecule has 0 aromatic rings. The molecule has 2 rings (SSSR count). The number of likely N-dealkylation sites (N-methyl/N-ethyl adjacent to an activating group) is 1. The molecule has 2 fully saturated rings. The van der Waals surface area contributed by atoms with E-state index in [1.807, 2.05) is 31.9 Å². The zero-order valence-corrected chi connectivity index (χ0v) is 20.0. The number of nitrogens with one attached hydrogen (secondary N) is 1. The highest BCUT2D eigenvalue weighted by Crippen LogP contribution is 2.33. The third-order valence-electron chi connectivity index (χ3n) is 6.14. The van der Waals surface area contributed by atoms with Crippen LogP contribution in [0.1, 0.15) is 66.2 Å². The molecule has 1 atom stereocenters. The Morgan fingerprint density at radius 2 is 2.00 bits per heavy atom. The van der Waals surface area contributed by atoms with Gasteiger partial charge in [-0.25, -0.2) is 0 Å². The molecule has 1 unspecified atom stereocenters. The average molecular weight is 424 g/mol. The number of rotatable bonds is 9. The number of carbonyl (C=O) groups is 1. The highest BCUT2D eigenvalue weighted by atomic mass is 16.5. The second-order valence-corrected chi connectivity index (χ2v) is 8.63.